The average molecular weight is 513 g/mol. The Bertz CT molecular complexity index is 1470. The third-order valence-electron chi connectivity index (χ3n) is 5.67. The number of Topliss-reactive ketones (excluding diaryl/α,β-unsaturated/α-hetero) is 1. The van der Waals surface area contributed by atoms with Gasteiger partial charge in [0.1, 0.15) is 5.76 Å². The molecule has 1 heterocycles. The quantitative estimate of drug-likeness (QED) is 0.163. The number of hydrogen-bond acceptors (Lipinski definition) is 7. The Morgan fingerprint density at radius 1 is 0.865 bits per heavy atom. The van der Waals surface area contributed by atoms with Crippen molar-refractivity contribution >= 4 is 34.5 Å². The van der Waals surface area contributed by atoms with Crippen molar-refractivity contribution in [2.75, 3.05) is 4.90 Å². The van der Waals surface area contributed by atoms with E-state index in [9.17, 15) is 48.1 Å². The molecular formula is C24H14F3N3O7. The summed E-state index contributed by atoms with van der Waals surface area (Å²) in [6.07, 6.45) is -4.76. The first-order valence-electron chi connectivity index (χ1n) is 10.4. The molecule has 0 unspecified atom stereocenters. The smallest absolute Gasteiger partial charge is 0.416 e. The summed E-state index contributed by atoms with van der Waals surface area (Å²) in [6.45, 7) is 0. The van der Waals surface area contributed by atoms with Gasteiger partial charge in [-0.3, -0.25) is 34.7 Å². The Morgan fingerprint density at radius 2 is 1.41 bits per heavy atom. The number of aliphatic hydroxyl groups excluding tert-OH is 1. The molecule has 13 heteroatoms. The van der Waals surface area contributed by atoms with E-state index in [2.05, 4.69) is 0 Å². The Labute approximate surface area is 205 Å². The lowest BCUT2D eigenvalue weighted by Crippen LogP contribution is -2.29. The summed E-state index contributed by atoms with van der Waals surface area (Å²) in [5.41, 5.74) is -2.52. The third kappa shape index (κ3) is 4.61. The fourth-order valence-corrected chi connectivity index (χ4v) is 3.92. The Hall–Kier alpha value is -5.07. The zero-order valence-electron chi connectivity index (χ0n) is 18.4. The maximum absolute atomic E-state index is 13.4. The highest BCUT2D eigenvalue weighted by Crippen LogP contribution is 2.43. The van der Waals surface area contributed by atoms with Crippen molar-refractivity contribution in [2.45, 2.75) is 12.2 Å². The fourth-order valence-electron chi connectivity index (χ4n) is 3.92. The number of nitro benzene ring substituents is 2. The molecule has 0 bridgehead atoms. The second-order valence-corrected chi connectivity index (χ2v) is 7.87. The number of halogens is 3. The van der Waals surface area contributed by atoms with Crippen molar-refractivity contribution in [3.05, 3.63) is 115 Å². The number of non-ortho nitro benzene ring substituents is 2. The molecule has 0 saturated carbocycles. The highest BCUT2D eigenvalue weighted by molar-refractivity contribution is 6.51. The Balaban J connectivity index is 1.93. The van der Waals surface area contributed by atoms with E-state index in [0.29, 0.717) is 6.07 Å². The van der Waals surface area contributed by atoms with Gasteiger partial charge in [-0.05, 0) is 48.0 Å². The standard InChI is InChI=1S/C24H14F3N3O7/c25-24(26,27)15-2-1-3-18(12-15)28-20(13-4-8-16(9-5-13)29(34)35)19(22(32)23(28)33)21(31)14-6-10-17(11-7-14)30(36)37/h1-12,20,31H/t20-/m1/s1. The van der Waals surface area contributed by atoms with E-state index in [4.69, 9.17) is 0 Å². The molecule has 10 nitrogen and oxygen atoms in total. The third-order valence-corrected chi connectivity index (χ3v) is 5.67. The topological polar surface area (TPSA) is 144 Å². The molecule has 1 N–H and O–H groups in total. The van der Waals surface area contributed by atoms with Crippen molar-refractivity contribution in [1.29, 1.82) is 0 Å². The van der Waals surface area contributed by atoms with E-state index >= 15 is 0 Å². The Kier molecular flexibility index (Phi) is 6.21. The van der Waals surface area contributed by atoms with Gasteiger partial charge in [-0.1, -0.05) is 6.07 Å². The van der Waals surface area contributed by atoms with Crippen LogP contribution in [0.1, 0.15) is 22.7 Å². The predicted octanol–water partition coefficient (Wildman–Crippen LogP) is 5.15. The minimum Gasteiger partial charge on any atom is -0.507 e. The van der Waals surface area contributed by atoms with Crippen LogP contribution in [0.25, 0.3) is 5.76 Å². The first-order chi connectivity index (χ1) is 17.4. The largest absolute Gasteiger partial charge is 0.507 e. The van der Waals surface area contributed by atoms with E-state index in [0.717, 1.165) is 53.4 Å². The first-order valence-corrected chi connectivity index (χ1v) is 10.4. The number of rotatable bonds is 5. The number of amides is 1. The molecule has 0 radical (unpaired) electrons. The van der Waals surface area contributed by atoms with E-state index in [1.54, 1.807) is 0 Å². The van der Waals surface area contributed by atoms with E-state index in [1.165, 1.54) is 18.2 Å². The normalized spacial score (nSPS) is 17.2. The second kappa shape index (κ2) is 9.18. The lowest BCUT2D eigenvalue weighted by molar-refractivity contribution is -0.385. The maximum Gasteiger partial charge on any atom is 0.416 e. The van der Waals surface area contributed by atoms with Crippen LogP contribution in [0.3, 0.4) is 0 Å². The summed E-state index contributed by atoms with van der Waals surface area (Å²) in [5, 5.41) is 33.0. The van der Waals surface area contributed by atoms with Crippen molar-refractivity contribution in [2.24, 2.45) is 0 Å². The lowest BCUT2D eigenvalue weighted by Gasteiger charge is -2.26. The molecule has 1 fully saturated rings. The van der Waals surface area contributed by atoms with Gasteiger partial charge in [-0.2, -0.15) is 13.2 Å². The minimum atomic E-state index is -4.76. The number of benzene rings is 3. The number of carbonyl (C=O) groups excluding carboxylic acids is 2. The van der Waals surface area contributed by atoms with Crippen LogP contribution in [0.2, 0.25) is 0 Å². The van der Waals surface area contributed by atoms with Crippen LogP contribution in [0.15, 0.2) is 78.4 Å². The fraction of sp³-hybridized carbons (Fsp3) is 0.0833. The molecule has 1 aliphatic heterocycles. The molecule has 4 rings (SSSR count). The van der Waals surface area contributed by atoms with Crippen LogP contribution >= 0.6 is 0 Å². The monoisotopic (exact) mass is 513 g/mol. The Morgan fingerprint density at radius 3 is 1.92 bits per heavy atom. The first kappa shape index (κ1) is 25.0. The van der Waals surface area contributed by atoms with Crippen molar-refractivity contribution in [3.63, 3.8) is 0 Å². The maximum atomic E-state index is 13.4. The number of anilines is 1. The van der Waals surface area contributed by atoms with Crippen LogP contribution < -0.4 is 4.90 Å². The van der Waals surface area contributed by atoms with Crippen LogP contribution in [0, 0.1) is 20.2 Å². The molecule has 0 aliphatic carbocycles. The number of nitro groups is 2. The lowest BCUT2D eigenvalue weighted by atomic mass is 9.95. The molecule has 0 spiro atoms. The van der Waals surface area contributed by atoms with Gasteiger partial charge in [0.05, 0.1) is 27.0 Å². The predicted molar refractivity (Wildman–Crippen MR) is 122 cm³/mol. The molecule has 3 aromatic rings. The number of carbonyl (C=O) groups is 2. The SMILES string of the molecule is O=C1C(=O)N(c2cccc(C(F)(F)F)c2)[C@H](c2ccc([N+](=O)[O-])cc2)C1=C(O)c1ccc([N+](=O)[O-])cc1. The van der Waals surface area contributed by atoms with Gasteiger partial charge in [0.25, 0.3) is 23.1 Å². The zero-order chi connectivity index (χ0) is 27.1. The summed E-state index contributed by atoms with van der Waals surface area (Å²) in [7, 11) is 0. The van der Waals surface area contributed by atoms with Gasteiger partial charge in [0, 0.05) is 35.5 Å². The second-order valence-electron chi connectivity index (χ2n) is 7.87. The molecule has 0 aromatic heterocycles. The highest BCUT2D eigenvalue weighted by Gasteiger charge is 2.47. The summed E-state index contributed by atoms with van der Waals surface area (Å²) >= 11 is 0. The van der Waals surface area contributed by atoms with E-state index < -0.39 is 50.7 Å². The number of hydrogen-bond donors (Lipinski definition) is 1. The highest BCUT2D eigenvalue weighted by atomic mass is 19.4. The molecule has 1 aliphatic rings. The molecule has 1 atom stereocenters. The van der Waals surface area contributed by atoms with Crippen molar-refractivity contribution < 1.29 is 37.7 Å². The van der Waals surface area contributed by atoms with Crippen molar-refractivity contribution in [3.8, 4) is 0 Å². The molecule has 3 aromatic carbocycles. The van der Waals surface area contributed by atoms with E-state index in [-0.39, 0.29) is 28.2 Å². The van der Waals surface area contributed by atoms with Crippen molar-refractivity contribution in [1.82, 2.24) is 0 Å². The molecule has 37 heavy (non-hydrogen) atoms. The number of aliphatic hydroxyl groups is 1. The average Bonchev–Trinajstić information content (AvgIpc) is 3.13. The van der Waals surface area contributed by atoms with Gasteiger partial charge in [0.15, 0.2) is 0 Å². The minimum absolute atomic E-state index is 0.0699. The molecule has 1 amide bonds. The van der Waals surface area contributed by atoms with Gasteiger partial charge < -0.3 is 5.11 Å². The summed E-state index contributed by atoms with van der Waals surface area (Å²) in [4.78, 5) is 47.5. The van der Waals surface area contributed by atoms with Gasteiger partial charge in [-0.15, -0.1) is 0 Å². The number of alkyl halides is 3. The summed E-state index contributed by atoms with van der Waals surface area (Å²) in [6, 6.07) is 11.1. The van der Waals surface area contributed by atoms with Gasteiger partial charge >= 0.3 is 6.18 Å². The van der Waals surface area contributed by atoms with Crippen LogP contribution in [0.4, 0.5) is 30.2 Å². The van der Waals surface area contributed by atoms with Crippen LogP contribution in [0.5, 0.6) is 0 Å². The molecule has 188 valence electrons. The summed E-state index contributed by atoms with van der Waals surface area (Å²) < 4.78 is 40.1. The van der Waals surface area contributed by atoms with Gasteiger partial charge in [-0.25, -0.2) is 0 Å². The number of ketones is 1. The molecular weight excluding hydrogens is 499 g/mol. The number of nitrogens with zero attached hydrogens (tertiary/aromatic N) is 3. The zero-order valence-corrected chi connectivity index (χ0v) is 18.4. The van der Waals surface area contributed by atoms with Crippen LogP contribution in [-0.4, -0.2) is 26.6 Å². The van der Waals surface area contributed by atoms with Crippen LogP contribution in [-0.2, 0) is 15.8 Å². The van der Waals surface area contributed by atoms with E-state index in [1.807, 2.05) is 0 Å². The summed E-state index contributed by atoms with van der Waals surface area (Å²) in [5.74, 6) is -3.20. The molecule has 1 saturated heterocycles. The van der Waals surface area contributed by atoms with Gasteiger partial charge in [0.2, 0.25) is 0 Å².